The Balaban J connectivity index is 2.12. The Morgan fingerprint density at radius 2 is 1.71 bits per heavy atom. The SMILES string of the molecule is Cc1ccc2ccccc2c1CS(=O)(=O)c1ccccn1. The molecule has 0 N–H and O–H groups in total. The van der Waals surface area contributed by atoms with Crippen LogP contribution in [0.4, 0.5) is 0 Å². The molecule has 2 aromatic carbocycles. The molecule has 0 saturated heterocycles. The molecule has 3 rings (SSSR count). The van der Waals surface area contributed by atoms with Crippen molar-refractivity contribution in [2.24, 2.45) is 0 Å². The zero-order valence-electron chi connectivity index (χ0n) is 11.7. The van der Waals surface area contributed by atoms with Gasteiger partial charge in [-0.2, -0.15) is 0 Å². The van der Waals surface area contributed by atoms with E-state index in [0.717, 1.165) is 21.9 Å². The summed E-state index contributed by atoms with van der Waals surface area (Å²) in [6, 6.07) is 16.8. The van der Waals surface area contributed by atoms with Crippen LogP contribution in [0.25, 0.3) is 10.8 Å². The first-order valence-electron chi connectivity index (χ1n) is 6.69. The average Bonchev–Trinajstić information content (AvgIpc) is 2.51. The smallest absolute Gasteiger partial charge is 0.199 e. The Labute approximate surface area is 124 Å². The van der Waals surface area contributed by atoms with Crippen molar-refractivity contribution in [3.05, 3.63) is 71.9 Å². The summed E-state index contributed by atoms with van der Waals surface area (Å²) in [6.45, 7) is 1.94. The average molecular weight is 297 g/mol. The molecule has 0 bridgehead atoms. The van der Waals surface area contributed by atoms with E-state index in [-0.39, 0.29) is 10.8 Å². The van der Waals surface area contributed by atoms with Crippen LogP contribution in [0.5, 0.6) is 0 Å². The quantitative estimate of drug-likeness (QED) is 0.743. The van der Waals surface area contributed by atoms with Gasteiger partial charge in [-0.3, -0.25) is 0 Å². The number of fused-ring (bicyclic) bond motifs is 1. The van der Waals surface area contributed by atoms with Gasteiger partial charge in [0.1, 0.15) is 0 Å². The standard InChI is InChI=1S/C17H15NO2S/c1-13-9-10-14-6-2-3-7-15(14)16(13)12-21(19,20)17-8-4-5-11-18-17/h2-11H,12H2,1H3. The van der Waals surface area contributed by atoms with Crippen molar-refractivity contribution >= 4 is 20.6 Å². The Kier molecular flexibility index (Phi) is 3.47. The zero-order valence-corrected chi connectivity index (χ0v) is 12.5. The molecule has 0 aliphatic carbocycles. The maximum atomic E-state index is 12.5. The fourth-order valence-corrected chi connectivity index (χ4v) is 3.85. The summed E-state index contributed by atoms with van der Waals surface area (Å²) in [6.07, 6.45) is 1.50. The molecule has 0 aliphatic heterocycles. The van der Waals surface area contributed by atoms with E-state index in [1.807, 2.05) is 43.3 Å². The number of hydrogen-bond donors (Lipinski definition) is 0. The van der Waals surface area contributed by atoms with E-state index in [4.69, 9.17) is 0 Å². The van der Waals surface area contributed by atoms with E-state index in [2.05, 4.69) is 4.98 Å². The van der Waals surface area contributed by atoms with Crippen LogP contribution >= 0.6 is 0 Å². The van der Waals surface area contributed by atoms with E-state index in [9.17, 15) is 8.42 Å². The van der Waals surface area contributed by atoms with E-state index in [0.29, 0.717) is 0 Å². The number of pyridine rings is 1. The van der Waals surface area contributed by atoms with Crippen LogP contribution in [0.1, 0.15) is 11.1 Å². The predicted molar refractivity (Wildman–Crippen MR) is 83.8 cm³/mol. The summed E-state index contributed by atoms with van der Waals surface area (Å²) < 4.78 is 25.1. The maximum absolute atomic E-state index is 12.5. The van der Waals surface area contributed by atoms with Crippen molar-refractivity contribution in [3.8, 4) is 0 Å². The monoisotopic (exact) mass is 297 g/mol. The highest BCUT2D eigenvalue weighted by Crippen LogP contribution is 2.25. The Bertz CT molecular complexity index is 887. The lowest BCUT2D eigenvalue weighted by atomic mass is 10.0. The third-order valence-corrected chi connectivity index (χ3v) is 5.11. The van der Waals surface area contributed by atoms with Gasteiger partial charge < -0.3 is 0 Å². The molecule has 106 valence electrons. The number of aryl methyl sites for hydroxylation is 1. The van der Waals surface area contributed by atoms with Gasteiger partial charge in [0.15, 0.2) is 14.9 Å². The number of sulfone groups is 1. The minimum Gasteiger partial charge on any atom is -0.245 e. The predicted octanol–water partition coefficient (Wildman–Crippen LogP) is 3.52. The highest BCUT2D eigenvalue weighted by atomic mass is 32.2. The molecule has 0 amide bonds. The van der Waals surface area contributed by atoms with E-state index >= 15 is 0 Å². The first-order chi connectivity index (χ1) is 10.1. The maximum Gasteiger partial charge on any atom is 0.199 e. The molecular weight excluding hydrogens is 282 g/mol. The molecule has 4 heteroatoms. The number of aromatic nitrogens is 1. The Morgan fingerprint density at radius 3 is 2.48 bits per heavy atom. The van der Waals surface area contributed by atoms with E-state index in [1.165, 1.54) is 12.3 Å². The minimum absolute atomic E-state index is 0.0306. The highest BCUT2D eigenvalue weighted by molar-refractivity contribution is 7.90. The lowest BCUT2D eigenvalue weighted by molar-refractivity contribution is 0.591. The second-order valence-corrected chi connectivity index (χ2v) is 6.95. The van der Waals surface area contributed by atoms with Gasteiger partial charge in [0, 0.05) is 6.20 Å². The molecule has 3 nitrogen and oxygen atoms in total. The van der Waals surface area contributed by atoms with Gasteiger partial charge in [-0.1, -0.05) is 42.5 Å². The van der Waals surface area contributed by atoms with Gasteiger partial charge in [-0.15, -0.1) is 0 Å². The first kappa shape index (κ1) is 13.8. The van der Waals surface area contributed by atoms with Crippen LogP contribution in [-0.2, 0) is 15.6 Å². The summed E-state index contributed by atoms with van der Waals surface area (Å²) in [5.41, 5.74) is 1.83. The third kappa shape index (κ3) is 2.67. The van der Waals surface area contributed by atoms with Crippen molar-refractivity contribution < 1.29 is 8.42 Å². The van der Waals surface area contributed by atoms with Gasteiger partial charge in [0.2, 0.25) is 0 Å². The summed E-state index contributed by atoms with van der Waals surface area (Å²) >= 11 is 0. The molecule has 0 unspecified atom stereocenters. The molecule has 21 heavy (non-hydrogen) atoms. The topological polar surface area (TPSA) is 47.0 Å². The van der Waals surface area contributed by atoms with Crippen LogP contribution in [0.3, 0.4) is 0 Å². The molecule has 1 heterocycles. The second-order valence-electron chi connectivity index (χ2n) is 5.01. The van der Waals surface area contributed by atoms with Crippen LogP contribution < -0.4 is 0 Å². The summed E-state index contributed by atoms with van der Waals surface area (Å²) in [5, 5.41) is 2.16. The van der Waals surface area contributed by atoms with Crippen LogP contribution in [0.15, 0.2) is 65.8 Å². The van der Waals surface area contributed by atoms with Crippen LogP contribution in [0, 0.1) is 6.92 Å². The molecule has 0 radical (unpaired) electrons. The van der Waals surface area contributed by atoms with Crippen molar-refractivity contribution in [1.29, 1.82) is 0 Å². The van der Waals surface area contributed by atoms with Crippen molar-refractivity contribution in [3.63, 3.8) is 0 Å². The lowest BCUT2D eigenvalue weighted by Crippen LogP contribution is -2.08. The molecular formula is C17H15NO2S. The van der Waals surface area contributed by atoms with Crippen molar-refractivity contribution in [2.45, 2.75) is 17.7 Å². The number of nitrogens with zero attached hydrogens (tertiary/aromatic N) is 1. The summed E-state index contributed by atoms with van der Waals surface area (Å²) in [7, 11) is -3.44. The number of hydrogen-bond acceptors (Lipinski definition) is 3. The van der Waals surface area contributed by atoms with Gasteiger partial charge in [0.25, 0.3) is 0 Å². The molecule has 0 atom stereocenters. The summed E-state index contributed by atoms with van der Waals surface area (Å²) in [5.74, 6) is -0.0306. The third-order valence-electron chi connectivity index (χ3n) is 3.57. The normalized spacial score (nSPS) is 11.7. The first-order valence-corrected chi connectivity index (χ1v) is 8.34. The van der Waals surface area contributed by atoms with Crippen molar-refractivity contribution in [2.75, 3.05) is 0 Å². The van der Waals surface area contributed by atoms with Crippen LogP contribution in [-0.4, -0.2) is 13.4 Å². The second kappa shape index (κ2) is 5.30. The van der Waals surface area contributed by atoms with Gasteiger partial charge in [-0.05, 0) is 41.0 Å². The zero-order chi connectivity index (χ0) is 14.9. The van der Waals surface area contributed by atoms with Gasteiger partial charge >= 0.3 is 0 Å². The fourth-order valence-electron chi connectivity index (χ4n) is 2.43. The fraction of sp³-hybridized carbons (Fsp3) is 0.118. The van der Waals surface area contributed by atoms with E-state index in [1.54, 1.807) is 12.1 Å². The highest BCUT2D eigenvalue weighted by Gasteiger charge is 2.19. The van der Waals surface area contributed by atoms with Gasteiger partial charge in [-0.25, -0.2) is 13.4 Å². The molecule has 0 fully saturated rings. The van der Waals surface area contributed by atoms with Gasteiger partial charge in [0.05, 0.1) is 5.75 Å². The largest absolute Gasteiger partial charge is 0.245 e. The Morgan fingerprint density at radius 1 is 0.952 bits per heavy atom. The van der Waals surface area contributed by atoms with Crippen molar-refractivity contribution in [1.82, 2.24) is 4.98 Å². The number of benzene rings is 2. The lowest BCUT2D eigenvalue weighted by Gasteiger charge is -2.10. The molecule has 0 saturated carbocycles. The minimum atomic E-state index is -3.44. The van der Waals surface area contributed by atoms with E-state index < -0.39 is 9.84 Å². The molecule has 1 aromatic heterocycles. The van der Waals surface area contributed by atoms with Crippen LogP contribution in [0.2, 0.25) is 0 Å². The molecule has 0 aliphatic rings. The molecule has 0 spiro atoms. The number of rotatable bonds is 3. The summed E-state index contributed by atoms with van der Waals surface area (Å²) in [4.78, 5) is 3.97. The Hall–Kier alpha value is -2.20. The molecule has 3 aromatic rings.